The van der Waals surface area contributed by atoms with E-state index in [9.17, 15) is 9.59 Å². The van der Waals surface area contributed by atoms with Gasteiger partial charge in [0.15, 0.2) is 0 Å². The van der Waals surface area contributed by atoms with Gasteiger partial charge in [0.25, 0.3) is 5.91 Å². The molecule has 0 aliphatic carbocycles. The molecular formula is C16H23NO4. The van der Waals surface area contributed by atoms with E-state index in [1.165, 1.54) is 0 Å². The van der Waals surface area contributed by atoms with Crippen LogP contribution in [0.1, 0.15) is 49.9 Å². The number of rotatable bonds is 9. The molecule has 0 saturated heterocycles. The standard InChI is InChI=1S/C16H23NO4/c1-3-6-13(11-15(18)19)17-16(20)12-7-5-8-14(10-12)21-9-4-2/h5,7-8,10,13H,3-4,6,9,11H2,1-2H3,(H,17,20)(H,18,19). The first kappa shape index (κ1) is 17.0. The van der Waals surface area contributed by atoms with Crippen molar-refractivity contribution in [2.75, 3.05) is 6.61 Å². The predicted molar refractivity (Wildman–Crippen MR) is 80.6 cm³/mol. The molecule has 1 amide bonds. The smallest absolute Gasteiger partial charge is 0.305 e. The normalized spacial score (nSPS) is 11.7. The summed E-state index contributed by atoms with van der Waals surface area (Å²) in [4.78, 5) is 23.0. The van der Waals surface area contributed by atoms with Gasteiger partial charge in [0.1, 0.15) is 5.75 Å². The zero-order valence-electron chi connectivity index (χ0n) is 12.6. The molecule has 5 heteroatoms. The van der Waals surface area contributed by atoms with Crippen LogP contribution < -0.4 is 10.1 Å². The lowest BCUT2D eigenvalue weighted by Crippen LogP contribution is -2.36. The molecule has 0 heterocycles. The first-order valence-corrected chi connectivity index (χ1v) is 7.32. The van der Waals surface area contributed by atoms with Crippen LogP contribution in [-0.4, -0.2) is 29.6 Å². The minimum atomic E-state index is -0.909. The molecule has 0 aliphatic heterocycles. The third-order valence-electron chi connectivity index (χ3n) is 2.96. The topological polar surface area (TPSA) is 75.6 Å². The Morgan fingerprint density at radius 2 is 2.05 bits per heavy atom. The summed E-state index contributed by atoms with van der Waals surface area (Å²) >= 11 is 0. The summed E-state index contributed by atoms with van der Waals surface area (Å²) in [7, 11) is 0. The van der Waals surface area contributed by atoms with Crippen molar-refractivity contribution in [3.8, 4) is 5.75 Å². The number of hydrogen-bond donors (Lipinski definition) is 2. The van der Waals surface area contributed by atoms with Crippen molar-refractivity contribution < 1.29 is 19.4 Å². The summed E-state index contributed by atoms with van der Waals surface area (Å²) in [6, 6.07) is 6.58. The van der Waals surface area contributed by atoms with Gasteiger partial charge in [0.2, 0.25) is 0 Å². The number of carbonyl (C=O) groups is 2. The summed E-state index contributed by atoms with van der Waals surface area (Å²) in [5, 5.41) is 11.6. The maximum Gasteiger partial charge on any atom is 0.305 e. The van der Waals surface area contributed by atoms with Crippen molar-refractivity contribution >= 4 is 11.9 Å². The first-order chi connectivity index (χ1) is 10.1. The van der Waals surface area contributed by atoms with Gasteiger partial charge in [-0.25, -0.2) is 0 Å². The zero-order chi connectivity index (χ0) is 15.7. The van der Waals surface area contributed by atoms with Crippen molar-refractivity contribution in [3.05, 3.63) is 29.8 Å². The fraction of sp³-hybridized carbons (Fsp3) is 0.500. The minimum absolute atomic E-state index is 0.0639. The molecule has 116 valence electrons. The maximum atomic E-state index is 12.2. The minimum Gasteiger partial charge on any atom is -0.494 e. The van der Waals surface area contributed by atoms with E-state index in [1.807, 2.05) is 13.8 Å². The van der Waals surface area contributed by atoms with E-state index in [-0.39, 0.29) is 18.4 Å². The average Bonchev–Trinajstić information content (AvgIpc) is 2.45. The molecule has 0 bridgehead atoms. The molecule has 1 unspecified atom stereocenters. The quantitative estimate of drug-likeness (QED) is 0.734. The molecule has 0 aliphatic rings. The lowest BCUT2D eigenvalue weighted by atomic mass is 10.1. The van der Waals surface area contributed by atoms with Crippen molar-refractivity contribution in [1.29, 1.82) is 0 Å². The first-order valence-electron chi connectivity index (χ1n) is 7.32. The molecule has 21 heavy (non-hydrogen) atoms. The number of nitrogens with one attached hydrogen (secondary N) is 1. The van der Waals surface area contributed by atoms with Crippen LogP contribution in [0.15, 0.2) is 24.3 Å². The third-order valence-corrected chi connectivity index (χ3v) is 2.96. The molecule has 0 fully saturated rings. The second kappa shape index (κ2) is 9.00. The van der Waals surface area contributed by atoms with Crippen LogP contribution in [-0.2, 0) is 4.79 Å². The summed E-state index contributed by atoms with van der Waals surface area (Å²) in [6.07, 6.45) is 2.29. The molecule has 1 rings (SSSR count). The van der Waals surface area contributed by atoms with Gasteiger partial charge < -0.3 is 15.2 Å². The molecule has 1 aromatic rings. The van der Waals surface area contributed by atoms with Crippen molar-refractivity contribution in [1.82, 2.24) is 5.32 Å². The highest BCUT2D eigenvalue weighted by molar-refractivity contribution is 5.95. The molecule has 0 radical (unpaired) electrons. The molecule has 1 atom stereocenters. The average molecular weight is 293 g/mol. The number of carboxylic acids is 1. The molecule has 2 N–H and O–H groups in total. The van der Waals surface area contributed by atoms with Gasteiger partial charge in [-0.2, -0.15) is 0 Å². The number of carboxylic acid groups (broad SMARTS) is 1. The van der Waals surface area contributed by atoms with Gasteiger partial charge >= 0.3 is 5.97 Å². The third kappa shape index (κ3) is 6.29. The van der Waals surface area contributed by atoms with E-state index in [1.54, 1.807) is 24.3 Å². The van der Waals surface area contributed by atoms with Crippen molar-refractivity contribution in [3.63, 3.8) is 0 Å². The van der Waals surface area contributed by atoms with Crippen molar-refractivity contribution in [2.45, 2.75) is 45.6 Å². The lowest BCUT2D eigenvalue weighted by molar-refractivity contribution is -0.137. The van der Waals surface area contributed by atoms with Crippen LogP contribution in [0.4, 0.5) is 0 Å². The van der Waals surface area contributed by atoms with Crippen LogP contribution in [0, 0.1) is 0 Å². The fourth-order valence-electron chi connectivity index (χ4n) is 2.00. The van der Waals surface area contributed by atoms with Crippen LogP contribution in [0.5, 0.6) is 5.75 Å². The summed E-state index contributed by atoms with van der Waals surface area (Å²) in [6.45, 7) is 4.57. The van der Waals surface area contributed by atoms with Gasteiger partial charge in [0, 0.05) is 11.6 Å². The number of amides is 1. The van der Waals surface area contributed by atoms with Crippen LogP contribution in [0.25, 0.3) is 0 Å². The summed E-state index contributed by atoms with van der Waals surface area (Å²) in [5.74, 6) is -0.528. The number of hydrogen-bond acceptors (Lipinski definition) is 3. The van der Waals surface area contributed by atoms with Gasteiger partial charge in [-0.1, -0.05) is 26.3 Å². The highest BCUT2D eigenvalue weighted by Gasteiger charge is 2.16. The Balaban J connectivity index is 2.70. The van der Waals surface area contributed by atoms with Gasteiger partial charge in [-0.3, -0.25) is 9.59 Å². The predicted octanol–water partition coefficient (Wildman–Crippen LogP) is 2.85. The highest BCUT2D eigenvalue weighted by atomic mass is 16.5. The Hall–Kier alpha value is -2.04. The van der Waals surface area contributed by atoms with E-state index >= 15 is 0 Å². The molecule has 0 spiro atoms. The number of ether oxygens (including phenoxy) is 1. The van der Waals surface area contributed by atoms with Crippen LogP contribution in [0.2, 0.25) is 0 Å². The van der Waals surface area contributed by atoms with Crippen LogP contribution in [0.3, 0.4) is 0 Å². The molecule has 0 aromatic heterocycles. The summed E-state index contributed by atoms with van der Waals surface area (Å²) in [5.41, 5.74) is 0.482. The SMILES string of the molecule is CCCOc1cccc(C(=O)NC(CCC)CC(=O)O)c1. The lowest BCUT2D eigenvalue weighted by Gasteiger charge is -2.16. The Kier molecular flexibility index (Phi) is 7.29. The zero-order valence-corrected chi connectivity index (χ0v) is 12.6. The second-order valence-corrected chi connectivity index (χ2v) is 4.93. The van der Waals surface area contributed by atoms with Crippen molar-refractivity contribution in [2.24, 2.45) is 0 Å². The van der Waals surface area contributed by atoms with E-state index in [4.69, 9.17) is 9.84 Å². The molecule has 5 nitrogen and oxygen atoms in total. The molecule has 0 saturated carbocycles. The number of aliphatic carboxylic acids is 1. The monoisotopic (exact) mass is 293 g/mol. The second-order valence-electron chi connectivity index (χ2n) is 4.93. The van der Waals surface area contributed by atoms with Crippen LogP contribution >= 0.6 is 0 Å². The van der Waals surface area contributed by atoms with Gasteiger partial charge in [-0.15, -0.1) is 0 Å². The summed E-state index contributed by atoms with van der Waals surface area (Å²) < 4.78 is 5.49. The van der Waals surface area contributed by atoms with E-state index < -0.39 is 5.97 Å². The maximum absolute atomic E-state index is 12.2. The molecule has 1 aromatic carbocycles. The Morgan fingerprint density at radius 1 is 1.29 bits per heavy atom. The van der Waals surface area contributed by atoms with Gasteiger partial charge in [0.05, 0.1) is 13.0 Å². The Bertz CT molecular complexity index is 473. The number of benzene rings is 1. The Labute approximate surface area is 125 Å². The number of carbonyl (C=O) groups excluding carboxylic acids is 1. The highest BCUT2D eigenvalue weighted by Crippen LogP contribution is 2.14. The largest absolute Gasteiger partial charge is 0.494 e. The molecular weight excluding hydrogens is 270 g/mol. The van der Waals surface area contributed by atoms with E-state index in [0.717, 1.165) is 12.8 Å². The Morgan fingerprint density at radius 3 is 2.67 bits per heavy atom. The fourth-order valence-corrected chi connectivity index (χ4v) is 2.00. The van der Waals surface area contributed by atoms with E-state index in [2.05, 4.69) is 5.32 Å². The van der Waals surface area contributed by atoms with Gasteiger partial charge in [-0.05, 0) is 31.0 Å². The van der Waals surface area contributed by atoms with E-state index in [0.29, 0.717) is 24.3 Å².